The van der Waals surface area contributed by atoms with Gasteiger partial charge in [-0.3, -0.25) is 14.1 Å². The minimum Gasteiger partial charge on any atom is -0.478 e. The van der Waals surface area contributed by atoms with E-state index in [0.29, 0.717) is 0 Å². The highest BCUT2D eigenvalue weighted by molar-refractivity contribution is 7.84. The second kappa shape index (κ2) is 8.44. The topological polar surface area (TPSA) is 228 Å². The van der Waals surface area contributed by atoms with Crippen LogP contribution in [0.15, 0.2) is 10.5 Å². The van der Waals surface area contributed by atoms with Crippen molar-refractivity contribution in [3.63, 3.8) is 0 Å². The lowest BCUT2D eigenvalue weighted by molar-refractivity contribution is -0.162. The molecule has 1 aromatic heterocycles. The van der Waals surface area contributed by atoms with Crippen molar-refractivity contribution in [2.24, 2.45) is 5.16 Å². The van der Waals surface area contributed by atoms with Crippen molar-refractivity contribution in [1.29, 1.82) is 0 Å². The van der Waals surface area contributed by atoms with Gasteiger partial charge in [-0.1, -0.05) is 5.16 Å². The summed E-state index contributed by atoms with van der Waals surface area (Å²) >= 11 is 0.914. The Kier molecular flexibility index (Phi) is 6.52. The number of oxime groups is 1. The molecule has 0 aromatic carbocycles. The Morgan fingerprint density at radius 2 is 2.00 bits per heavy atom. The zero-order valence-corrected chi connectivity index (χ0v) is 17.8. The molecular formula is C14H17N5O10S2. The lowest BCUT2D eigenvalue weighted by Crippen LogP contribution is -2.74. The van der Waals surface area contributed by atoms with E-state index in [1.54, 1.807) is 0 Å². The van der Waals surface area contributed by atoms with E-state index in [1.165, 1.54) is 5.38 Å². The van der Waals surface area contributed by atoms with Crippen LogP contribution < -0.4 is 11.1 Å². The van der Waals surface area contributed by atoms with Crippen molar-refractivity contribution in [2.75, 3.05) is 12.8 Å². The molecule has 0 saturated carbocycles. The number of carboxylic acid groups (broad SMARTS) is 1. The summed E-state index contributed by atoms with van der Waals surface area (Å²) in [5.41, 5.74) is 2.92. The van der Waals surface area contributed by atoms with Crippen molar-refractivity contribution >= 4 is 56.2 Å². The highest BCUT2D eigenvalue weighted by Gasteiger charge is 2.58. The number of nitrogens with one attached hydrogen (secondary N) is 1. The van der Waals surface area contributed by atoms with Gasteiger partial charge in [0.25, 0.3) is 11.8 Å². The smallest absolute Gasteiger partial charge is 0.363 e. The number of ether oxygens (including phenoxy) is 1. The predicted octanol–water partition coefficient (Wildman–Crippen LogP) is -2.02. The first kappa shape index (κ1) is 24.0. The second-order valence-electron chi connectivity index (χ2n) is 6.45. The lowest BCUT2D eigenvalue weighted by Gasteiger charge is -2.41. The minimum absolute atomic E-state index is 0.0256. The zero-order valence-electron chi connectivity index (χ0n) is 16.1. The summed E-state index contributed by atoms with van der Waals surface area (Å²) in [5.74, 6) is -5.14. The van der Waals surface area contributed by atoms with Gasteiger partial charge in [0.2, 0.25) is 5.60 Å². The maximum absolute atomic E-state index is 12.7. The van der Waals surface area contributed by atoms with E-state index >= 15 is 0 Å². The number of thiazole rings is 1. The average Bonchev–Trinajstić information content (AvgIpc) is 3.07. The van der Waals surface area contributed by atoms with E-state index in [0.717, 1.165) is 32.3 Å². The molecule has 2 rings (SSSR count). The molecular weight excluding hydrogens is 462 g/mol. The molecule has 5 N–H and O–H groups in total. The molecule has 2 amide bonds. The van der Waals surface area contributed by atoms with Gasteiger partial charge >= 0.3 is 22.2 Å². The largest absolute Gasteiger partial charge is 0.478 e. The molecule has 0 radical (unpaired) electrons. The molecule has 15 nitrogen and oxygen atoms in total. The van der Waals surface area contributed by atoms with Gasteiger partial charge in [-0.2, -0.15) is 12.7 Å². The van der Waals surface area contributed by atoms with Crippen LogP contribution in [-0.4, -0.2) is 81.6 Å². The molecule has 1 saturated heterocycles. The Morgan fingerprint density at radius 3 is 2.45 bits per heavy atom. The Morgan fingerprint density at radius 1 is 1.39 bits per heavy atom. The van der Waals surface area contributed by atoms with Crippen molar-refractivity contribution in [2.45, 2.75) is 31.5 Å². The summed E-state index contributed by atoms with van der Waals surface area (Å²) in [7, 11) is -4.21. The van der Waals surface area contributed by atoms with E-state index in [1.807, 2.05) is 0 Å². The van der Waals surface area contributed by atoms with Crippen LogP contribution in [0.4, 0.5) is 5.13 Å². The monoisotopic (exact) mass is 479 g/mol. The van der Waals surface area contributed by atoms with E-state index < -0.39 is 57.5 Å². The summed E-state index contributed by atoms with van der Waals surface area (Å²) < 4.78 is 36.0. The highest BCUT2D eigenvalue weighted by atomic mass is 32.2. The number of aromatic nitrogens is 1. The van der Waals surface area contributed by atoms with E-state index in [2.05, 4.69) is 20.2 Å². The van der Waals surface area contributed by atoms with Crippen molar-refractivity contribution < 1.29 is 46.8 Å². The van der Waals surface area contributed by atoms with Gasteiger partial charge in [0.1, 0.15) is 11.7 Å². The molecule has 1 fully saturated rings. The average molecular weight is 479 g/mol. The summed E-state index contributed by atoms with van der Waals surface area (Å²) in [4.78, 5) is 56.6. The van der Waals surface area contributed by atoms with Gasteiger partial charge in [-0.05, 0) is 13.8 Å². The molecule has 1 aliphatic rings. The van der Waals surface area contributed by atoms with Crippen LogP contribution in [-0.2, 0) is 39.1 Å². The molecule has 2 heterocycles. The van der Waals surface area contributed by atoms with Crippen LogP contribution in [0.25, 0.3) is 0 Å². The van der Waals surface area contributed by atoms with E-state index in [-0.39, 0.29) is 15.1 Å². The Hall–Kier alpha value is -3.31. The number of carboxylic acids is 1. The number of hydrogen-bond donors (Lipinski definition) is 4. The van der Waals surface area contributed by atoms with Gasteiger partial charge in [-0.25, -0.2) is 14.6 Å². The molecule has 17 heteroatoms. The number of carbonyl (C=O) groups is 4. The normalized spacial score (nSPS) is 19.4. The second-order valence-corrected chi connectivity index (χ2v) is 8.63. The fourth-order valence-electron chi connectivity index (χ4n) is 2.22. The molecule has 0 bridgehead atoms. The maximum Gasteiger partial charge on any atom is 0.363 e. The number of methoxy groups -OCH3 is 1. The molecule has 2 unspecified atom stereocenters. The van der Waals surface area contributed by atoms with Crippen molar-refractivity contribution in [1.82, 2.24) is 14.6 Å². The summed E-state index contributed by atoms with van der Waals surface area (Å²) in [6, 6.07) is -3.62. The van der Waals surface area contributed by atoms with Crippen LogP contribution in [0, 0.1) is 0 Å². The number of nitrogen functional groups attached to an aromatic ring is 1. The van der Waals surface area contributed by atoms with Gasteiger partial charge in [0, 0.05) is 5.38 Å². The number of amides is 2. The van der Waals surface area contributed by atoms with Gasteiger partial charge < -0.3 is 25.7 Å². The summed E-state index contributed by atoms with van der Waals surface area (Å²) in [5, 5.41) is 16.0. The molecule has 2 atom stereocenters. The predicted molar refractivity (Wildman–Crippen MR) is 102 cm³/mol. The van der Waals surface area contributed by atoms with E-state index in [4.69, 9.17) is 20.2 Å². The first-order chi connectivity index (χ1) is 14.2. The quantitative estimate of drug-likeness (QED) is 0.104. The standard InChI is InChI=1S/C14H17N5O10S2/c1-14(2,12(23)24)29-18-6(5-4-30-13(15)16-5)9(20)17-7-8(11(22)28-3)19(10(7)21)31(25,26)27/h4,7-8H,1-3H3,(H2,15,16)(H,17,20)(H,23,24)(H,25,26,27). The Balaban J connectivity index is 2.36. The zero-order chi connectivity index (χ0) is 23.7. The summed E-state index contributed by atoms with van der Waals surface area (Å²) in [6.45, 7) is 2.30. The number of esters is 1. The van der Waals surface area contributed by atoms with Crippen LogP contribution in [0.1, 0.15) is 19.5 Å². The summed E-state index contributed by atoms with van der Waals surface area (Å²) in [6.07, 6.45) is 0. The molecule has 1 aromatic rings. The van der Waals surface area contributed by atoms with Gasteiger partial charge in [0.05, 0.1) is 7.11 Å². The van der Waals surface area contributed by atoms with Crippen LogP contribution in [0.2, 0.25) is 0 Å². The number of carbonyl (C=O) groups excluding carboxylic acids is 3. The third-order valence-corrected chi connectivity index (χ3v) is 5.47. The Labute approximate surface area is 178 Å². The molecule has 0 aliphatic carbocycles. The van der Waals surface area contributed by atoms with Crippen molar-refractivity contribution in [3.05, 3.63) is 11.1 Å². The maximum atomic E-state index is 12.7. The molecule has 1 aliphatic heterocycles. The van der Waals surface area contributed by atoms with Crippen LogP contribution in [0.5, 0.6) is 0 Å². The molecule has 31 heavy (non-hydrogen) atoms. The van der Waals surface area contributed by atoms with Crippen LogP contribution >= 0.6 is 11.3 Å². The van der Waals surface area contributed by atoms with Gasteiger partial charge in [-0.15, -0.1) is 11.3 Å². The molecule has 170 valence electrons. The molecule has 0 spiro atoms. The number of rotatable bonds is 8. The fraction of sp³-hybridized carbons (Fsp3) is 0.429. The number of aliphatic carboxylic acids is 1. The minimum atomic E-state index is -5.11. The van der Waals surface area contributed by atoms with Crippen LogP contribution in [0.3, 0.4) is 0 Å². The third-order valence-electron chi connectivity index (χ3n) is 3.89. The fourth-order valence-corrected chi connectivity index (χ4v) is 3.61. The highest BCUT2D eigenvalue weighted by Crippen LogP contribution is 2.25. The SMILES string of the molecule is COC(=O)C1C(NC(=O)C(=NOC(C)(C)C(=O)O)c2csc(N)n2)C(=O)N1S(=O)(=O)O. The third kappa shape index (κ3) is 4.89. The van der Waals surface area contributed by atoms with Gasteiger partial charge in [0.15, 0.2) is 16.9 Å². The number of hydrogen-bond acceptors (Lipinski definition) is 12. The first-order valence-corrected chi connectivity index (χ1v) is 10.4. The van der Waals surface area contributed by atoms with Crippen molar-refractivity contribution in [3.8, 4) is 0 Å². The number of nitrogens with zero attached hydrogens (tertiary/aromatic N) is 3. The number of β-lactam (4-membered cyclic amide) rings is 1. The van der Waals surface area contributed by atoms with E-state index in [9.17, 15) is 27.6 Å². The lowest BCUT2D eigenvalue weighted by atomic mass is 9.98. The number of anilines is 1. The first-order valence-electron chi connectivity index (χ1n) is 8.11. The number of nitrogens with two attached hydrogens (primary N) is 1. The Bertz CT molecular complexity index is 1060.